The highest BCUT2D eigenvalue weighted by Gasteiger charge is 2.19. The van der Waals surface area contributed by atoms with Gasteiger partial charge < -0.3 is 5.32 Å². The van der Waals surface area contributed by atoms with Gasteiger partial charge >= 0.3 is 0 Å². The van der Waals surface area contributed by atoms with Gasteiger partial charge in [-0.3, -0.25) is 9.88 Å². The highest BCUT2D eigenvalue weighted by atomic mass is 19.1. The van der Waals surface area contributed by atoms with Crippen LogP contribution in [0, 0.1) is 5.82 Å². The molecule has 6 nitrogen and oxygen atoms in total. The maximum absolute atomic E-state index is 13.3. The number of hydrogen-bond donors (Lipinski definition) is 1. The lowest BCUT2D eigenvalue weighted by molar-refractivity contribution is 0.231. The van der Waals surface area contributed by atoms with E-state index < -0.39 is 0 Å². The lowest BCUT2D eigenvalue weighted by Gasteiger charge is -2.26. The Hall–Kier alpha value is -2.64. The molecule has 7 heteroatoms. The first-order valence-corrected chi connectivity index (χ1v) is 8.35. The molecule has 25 heavy (non-hydrogen) atoms. The van der Waals surface area contributed by atoms with Crippen molar-refractivity contribution in [2.75, 3.05) is 26.2 Å². The molecule has 0 aliphatic carbocycles. The molecule has 0 amide bonds. The van der Waals surface area contributed by atoms with Crippen molar-refractivity contribution in [3.05, 3.63) is 60.3 Å². The number of piperazine rings is 1. The van der Waals surface area contributed by atoms with E-state index in [1.807, 2.05) is 12.1 Å². The number of rotatable bonds is 4. The predicted molar refractivity (Wildman–Crippen MR) is 92.7 cm³/mol. The van der Waals surface area contributed by atoms with Crippen LogP contribution in [0.1, 0.15) is 5.69 Å². The summed E-state index contributed by atoms with van der Waals surface area (Å²) < 4.78 is 15.0. The summed E-state index contributed by atoms with van der Waals surface area (Å²) in [7, 11) is 0. The van der Waals surface area contributed by atoms with Gasteiger partial charge in [0.15, 0.2) is 0 Å². The Kier molecular flexibility index (Phi) is 4.49. The zero-order valence-corrected chi connectivity index (χ0v) is 13.8. The maximum Gasteiger partial charge on any atom is 0.123 e. The number of pyridine rings is 1. The van der Waals surface area contributed by atoms with Gasteiger partial charge in [0, 0.05) is 50.7 Å². The Balaban J connectivity index is 1.75. The highest BCUT2D eigenvalue weighted by Crippen LogP contribution is 2.26. The Bertz CT molecular complexity index is 825. The van der Waals surface area contributed by atoms with E-state index in [9.17, 15) is 4.39 Å². The van der Waals surface area contributed by atoms with Crippen LogP contribution in [0.25, 0.3) is 16.9 Å². The molecule has 0 bridgehead atoms. The molecule has 0 saturated carbocycles. The van der Waals surface area contributed by atoms with E-state index in [0.717, 1.165) is 55.4 Å². The maximum atomic E-state index is 13.3. The molecule has 0 radical (unpaired) electrons. The van der Waals surface area contributed by atoms with E-state index in [1.54, 1.807) is 29.2 Å². The number of nitrogens with one attached hydrogen (secondary N) is 1. The van der Waals surface area contributed by atoms with Crippen molar-refractivity contribution < 1.29 is 4.39 Å². The molecule has 2 aromatic heterocycles. The molecule has 3 heterocycles. The monoisotopic (exact) mass is 338 g/mol. The summed E-state index contributed by atoms with van der Waals surface area (Å²) in [6, 6.07) is 10.2. The van der Waals surface area contributed by atoms with Crippen molar-refractivity contribution >= 4 is 0 Å². The third-order valence-electron chi connectivity index (χ3n) is 4.35. The standard InChI is InChI=1S/C18H19FN6/c19-15-1-3-16(4-2-15)25-18(14-5-7-20-8-6-14)17(22-23-25)13-24-11-9-21-10-12-24/h1-8,21H,9-13H2. The summed E-state index contributed by atoms with van der Waals surface area (Å²) in [5, 5.41) is 12.1. The van der Waals surface area contributed by atoms with Gasteiger partial charge in [0.25, 0.3) is 0 Å². The minimum atomic E-state index is -0.268. The normalized spacial score (nSPS) is 15.4. The summed E-state index contributed by atoms with van der Waals surface area (Å²) in [6.45, 7) is 4.67. The zero-order chi connectivity index (χ0) is 17.1. The molecule has 4 rings (SSSR count). The summed E-state index contributed by atoms with van der Waals surface area (Å²) in [5.74, 6) is -0.268. The quantitative estimate of drug-likeness (QED) is 0.787. The molecule has 1 fully saturated rings. The number of hydrogen-bond acceptors (Lipinski definition) is 5. The molecule has 128 valence electrons. The molecule has 0 unspecified atom stereocenters. The summed E-state index contributed by atoms with van der Waals surface area (Å²) >= 11 is 0. The fourth-order valence-corrected chi connectivity index (χ4v) is 3.06. The molecular formula is C18H19FN6. The van der Waals surface area contributed by atoms with Crippen LogP contribution in [-0.2, 0) is 6.54 Å². The number of halogens is 1. The van der Waals surface area contributed by atoms with Gasteiger partial charge in [-0.05, 0) is 36.4 Å². The van der Waals surface area contributed by atoms with Crippen molar-refractivity contribution in [2.24, 2.45) is 0 Å². The van der Waals surface area contributed by atoms with Crippen molar-refractivity contribution in [3.8, 4) is 16.9 Å². The van der Waals surface area contributed by atoms with E-state index in [2.05, 4.69) is 25.5 Å². The molecule has 1 aromatic carbocycles. The average Bonchev–Trinajstić information content (AvgIpc) is 3.07. The first-order valence-electron chi connectivity index (χ1n) is 8.35. The van der Waals surface area contributed by atoms with Gasteiger partial charge in [0.2, 0.25) is 0 Å². The lowest BCUT2D eigenvalue weighted by Crippen LogP contribution is -2.43. The second kappa shape index (κ2) is 7.08. The van der Waals surface area contributed by atoms with E-state index in [-0.39, 0.29) is 5.82 Å². The van der Waals surface area contributed by atoms with Crippen LogP contribution in [0.4, 0.5) is 4.39 Å². The van der Waals surface area contributed by atoms with Gasteiger partial charge in [0.1, 0.15) is 11.5 Å². The highest BCUT2D eigenvalue weighted by molar-refractivity contribution is 5.63. The topological polar surface area (TPSA) is 58.9 Å². The van der Waals surface area contributed by atoms with E-state index in [0.29, 0.717) is 0 Å². The van der Waals surface area contributed by atoms with Gasteiger partial charge in [0.05, 0.1) is 11.4 Å². The molecule has 1 N–H and O–H groups in total. The molecule has 0 spiro atoms. The van der Waals surface area contributed by atoms with Crippen LogP contribution in [0.5, 0.6) is 0 Å². The third kappa shape index (κ3) is 3.42. The molecule has 1 aliphatic heterocycles. The second-order valence-corrected chi connectivity index (χ2v) is 6.04. The Morgan fingerprint density at radius 3 is 2.44 bits per heavy atom. The van der Waals surface area contributed by atoms with Crippen LogP contribution < -0.4 is 5.32 Å². The average molecular weight is 338 g/mol. The van der Waals surface area contributed by atoms with Crippen molar-refractivity contribution in [2.45, 2.75) is 6.54 Å². The van der Waals surface area contributed by atoms with Crippen LogP contribution >= 0.6 is 0 Å². The molecule has 1 aliphatic rings. The summed E-state index contributed by atoms with van der Waals surface area (Å²) in [4.78, 5) is 6.46. The largest absolute Gasteiger partial charge is 0.314 e. The fraction of sp³-hybridized carbons (Fsp3) is 0.278. The van der Waals surface area contributed by atoms with Gasteiger partial charge in [-0.25, -0.2) is 9.07 Å². The number of aromatic nitrogens is 4. The number of benzene rings is 1. The minimum Gasteiger partial charge on any atom is -0.314 e. The van der Waals surface area contributed by atoms with Gasteiger partial charge in [-0.15, -0.1) is 5.10 Å². The van der Waals surface area contributed by atoms with Crippen LogP contribution in [-0.4, -0.2) is 51.1 Å². The summed E-state index contributed by atoms with van der Waals surface area (Å²) in [5.41, 5.74) is 3.62. The Morgan fingerprint density at radius 2 is 1.72 bits per heavy atom. The molecule has 0 atom stereocenters. The van der Waals surface area contributed by atoms with Gasteiger partial charge in [-0.1, -0.05) is 5.21 Å². The summed E-state index contributed by atoms with van der Waals surface area (Å²) in [6.07, 6.45) is 3.51. The SMILES string of the molecule is Fc1ccc(-n2nnc(CN3CCNCC3)c2-c2ccncc2)cc1. The third-order valence-corrected chi connectivity index (χ3v) is 4.35. The van der Waals surface area contributed by atoms with Crippen molar-refractivity contribution in [1.29, 1.82) is 0 Å². The smallest absolute Gasteiger partial charge is 0.123 e. The van der Waals surface area contributed by atoms with Crippen LogP contribution in [0.3, 0.4) is 0 Å². The fourth-order valence-electron chi connectivity index (χ4n) is 3.06. The predicted octanol–water partition coefficient (Wildman–Crippen LogP) is 1.87. The lowest BCUT2D eigenvalue weighted by atomic mass is 10.1. The van der Waals surface area contributed by atoms with Gasteiger partial charge in [-0.2, -0.15) is 0 Å². The van der Waals surface area contributed by atoms with Crippen LogP contribution in [0.2, 0.25) is 0 Å². The first kappa shape index (κ1) is 15.9. The minimum absolute atomic E-state index is 0.268. The molecule has 3 aromatic rings. The van der Waals surface area contributed by atoms with Crippen LogP contribution in [0.15, 0.2) is 48.8 Å². The Labute approximate surface area is 145 Å². The first-order chi connectivity index (χ1) is 12.3. The van der Waals surface area contributed by atoms with E-state index in [1.165, 1.54) is 12.1 Å². The van der Waals surface area contributed by atoms with Crippen molar-refractivity contribution in [1.82, 2.24) is 30.2 Å². The van der Waals surface area contributed by atoms with E-state index in [4.69, 9.17) is 0 Å². The molecular weight excluding hydrogens is 319 g/mol. The molecule has 1 saturated heterocycles. The van der Waals surface area contributed by atoms with Crippen molar-refractivity contribution in [3.63, 3.8) is 0 Å². The van der Waals surface area contributed by atoms with E-state index >= 15 is 0 Å². The Morgan fingerprint density at radius 1 is 1.00 bits per heavy atom. The number of nitrogens with zero attached hydrogens (tertiary/aromatic N) is 5. The zero-order valence-electron chi connectivity index (χ0n) is 13.8. The second-order valence-electron chi connectivity index (χ2n) is 6.04.